The third kappa shape index (κ3) is 3.95. The van der Waals surface area contributed by atoms with E-state index in [4.69, 9.17) is 5.11 Å². The van der Waals surface area contributed by atoms with Crippen LogP contribution in [0.15, 0.2) is 36.4 Å². The molecule has 4 heteroatoms. The van der Waals surface area contributed by atoms with Crippen molar-refractivity contribution in [1.29, 1.82) is 0 Å². The molecule has 1 amide bonds. The van der Waals surface area contributed by atoms with E-state index in [1.807, 2.05) is 19.1 Å². The predicted molar refractivity (Wildman–Crippen MR) is 80.6 cm³/mol. The Bertz CT molecular complexity index is 647. The summed E-state index contributed by atoms with van der Waals surface area (Å²) in [6.45, 7) is 2.42. The van der Waals surface area contributed by atoms with Gasteiger partial charge in [-0.1, -0.05) is 11.8 Å². The van der Waals surface area contributed by atoms with Crippen LogP contribution in [-0.2, 0) is 6.54 Å². The van der Waals surface area contributed by atoms with Crippen LogP contribution in [0, 0.1) is 18.8 Å². The molecule has 0 aliphatic carbocycles. The molecule has 20 heavy (non-hydrogen) atoms. The molecule has 0 radical (unpaired) electrons. The summed E-state index contributed by atoms with van der Waals surface area (Å²) in [6, 6.07) is 11.1. The van der Waals surface area contributed by atoms with Crippen molar-refractivity contribution >= 4 is 17.2 Å². The molecule has 102 valence electrons. The molecular weight excluding hydrogens is 270 g/mol. The van der Waals surface area contributed by atoms with E-state index in [0.717, 1.165) is 10.4 Å². The number of thiophene rings is 1. The van der Waals surface area contributed by atoms with Crippen LogP contribution in [-0.4, -0.2) is 17.6 Å². The first-order valence-electron chi connectivity index (χ1n) is 6.22. The largest absolute Gasteiger partial charge is 0.384 e. The Kier molecular flexibility index (Phi) is 4.94. The van der Waals surface area contributed by atoms with Crippen molar-refractivity contribution in [2.45, 2.75) is 13.5 Å². The molecule has 1 aromatic carbocycles. The molecule has 0 saturated carbocycles. The topological polar surface area (TPSA) is 49.3 Å². The van der Waals surface area contributed by atoms with E-state index in [-0.39, 0.29) is 12.5 Å². The number of aliphatic hydroxyl groups is 1. The molecule has 1 heterocycles. The van der Waals surface area contributed by atoms with Gasteiger partial charge in [0.05, 0.1) is 6.54 Å². The van der Waals surface area contributed by atoms with Crippen LogP contribution in [0.25, 0.3) is 0 Å². The number of amides is 1. The van der Waals surface area contributed by atoms with Gasteiger partial charge in [0.15, 0.2) is 0 Å². The third-order valence-corrected chi connectivity index (χ3v) is 3.68. The second kappa shape index (κ2) is 6.90. The standard InChI is InChI=1S/C16H15NO2S/c1-12-4-9-15(20-12)11-17-16(19)14-7-5-13(6-8-14)3-2-10-18/h4-9,18H,10-11H2,1H3,(H,17,19). The molecule has 0 spiro atoms. The Morgan fingerprint density at radius 1 is 1.25 bits per heavy atom. The van der Waals surface area contributed by atoms with Crippen molar-refractivity contribution < 1.29 is 9.90 Å². The summed E-state index contributed by atoms with van der Waals surface area (Å²) in [5.74, 6) is 5.26. The van der Waals surface area contributed by atoms with E-state index in [9.17, 15) is 4.79 Å². The highest BCUT2D eigenvalue weighted by atomic mass is 32.1. The van der Waals surface area contributed by atoms with Crippen molar-refractivity contribution in [3.63, 3.8) is 0 Å². The molecular formula is C16H15NO2S. The minimum Gasteiger partial charge on any atom is -0.384 e. The molecule has 1 aromatic heterocycles. The number of rotatable bonds is 3. The van der Waals surface area contributed by atoms with Gasteiger partial charge in [0.1, 0.15) is 6.61 Å². The highest BCUT2D eigenvalue weighted by Crippen LogP contribution is 2.14. The summed E-state index contributed by atoms with van der Waals surface area (Å²) < 4.78 is 0. The van der Waals surface area contributed by atoms with E-state index < -0.39 is 0 Å². The molecule has 0 aliphatic heterocycles. The summed E-state index contributed by atoms with van der Waals surface area (Å²) in [4.78, 5) is 14.3. The lowest BCUT2D eigenvalue weighted by Crippen LogP contribution is -2.22. The van der Waals surface area contributed by atoms with E-state index in [2.05, 4.69) is 17.2 Å². The molecule has 0 fully saturated rings. The van der Waals surface area contributed by atoms with E-state index >= 15 is 0 Å². The van der Waals surface area contributed by atoms with Crippen LogP contribution < -0.4 is 5.32 Å². The number of hydrogen-bond donors (Lipinski definition) is 2. The van der Waals surface area contributed by atoms with Gasteiger partial charge in [-0.25, -0.2) is 0 Å². The molecule has 2 rings (SSSR count). The second-order valence-electron chi connectivity index (χ2n) is 4.23. The lowest BCUT2D eigenvalue weighted by atomic mass is 10.1. The minimum absolute atomic E-state index is 0.0993. The van der Waals surface area contributed by atoms with Crippen LogP contribution in [0.3, 0.4) is 0 Å². The zero-order chi connectivity index (χ0) is 14.4. The zero-order valence-electron chi connectivity index (χ0n) is 11.1. The number of aliphatic hydroxyl groups excluding tert-OH is 1. The van der Waals surface area contributed by atoms with Gasteiger partial charge in [-0.3, -0.25) is 4.79 Å². The van der Waals surface area contributed by atoms with Crippen molar-refractivity contribution in [2.24, 2.45) is 0 Å². The lowest BCUT2D eigenvalue weighted by molar-refractivity contribution is 0.0951. The number of nitrogens with one attached hydrogen (secondary N) is 1. The number of carbonyl (C=O) groups is 1. The second-order valence-corrected chi connectivity index (χ2v) is 5.60. The first-order chi connectivity index (χ1) is 9.69. The van der Waals surface area contributed by atoms with Gasteiger partial charge in [-0.2, -0.15) is 0 Å². The fourth-order valence-electron chi connectivity index (χ4n) is 1.70. The lowest BCUT2D eigenvalue weighted by Gasteiger charge is -2.03. The smallest absolute Gasteiger partial charge is 0.251 e. The zero-order valence-corrected chi connectivity index (χ0v) is 12.0. The third-order valence-electron chi connectivity index (χ3n) is 2.68. The van der Waals surface area contributed by atoms with Crippen LogP contribution in [0.1, 0.15) is 25.7 Å². The maximum atomic E-state index is 12.0. The average molecular weight is 285 g/mol. The summed E-state index contributed by atoms with van der Waals surface area (Å²) >= 11 is 1.68. The van der Waals surface area contributed by atoms with Gasteiger partial charge in [-0.05, 0) is 43.3 Å². The van der Waals surface area contributed by atoms with Gasteiger partial charge >= 0.3 is 0 Å². The molecule has 0 aliphatic rings. The highest BCUT2D eigenvalue weighted by molar-refractivity contribution is 7.11. The SMILES string of the molecule is Cc1ccc(CNC(=O)c2ccc(C#CCO)cc2)s1. The molecule has 0 atom stereocenters. The average Bonchev–Trinajstić information content (AvgIpc) is 2.89. The Morgan fingerprint density at radius 2 is 2.00 bits per heavy atom. The molecule has 0 unspecified atom stereocenters. The Hall–Kier alpha value is -2.09. The summed E-state index contributed by atoms with van der Waals surface area (Å²) in [5, 5.41) is 11.5. The van der Waals surface area contributed by atoms with Gasteiger partial charge in [-0.15, -0.1) is 11.3 Å². The van der Waals surface area contributed by atoms with E-state index in [0.29, 0.717) is 12.1 Å². The Morgan fingerprint density at radius 3 is 2.60 bits per heavy atom. The first-order valence-corrected chi connectivity index (χ1v) is 7.04. The summed E-state index contributed by atoms with van der Waals surface area (Å²) in [5.41, 5.74) is 1.39. The quantitative estimate of drug-likeness (QED) is 0.850. The molecule has 2 N–H and O–H groups in total. The summed E-state index contributed by atoms with van der Waals surface area (Å²) in [6.07, 6.45) is 0. The number of aryl methyl sites for hydroxylation is 1. The van der Waals surface area contributed by atoms with E-state index in [1.54, 1.807) is 35.6 Å². The van der Waals surface area contributed by atoms with Crippen LogP contribution in [0.2, 0.25) is 0 Å². The van der Waals surface area contributed by atoms with Crippen LogP contribution in [0.5, 0.6) is 0 Å². The normalized spacial score (nSPS) is 9.70. The van der Waals surface area contributed by atoms with Crippen molar-refractivity contribution in [3.8, 4) is 11.8 Å². The fraction of sp³-hybridized carbons (Fsp3) is 0.188. The first kappa shape index (κ1) is 14.3. The molecule has 2 aromatic rings. The predicted octanol–water partition coefficient (Wildman–Crippen LogP) is 2.33. The van der Waals surface area contributed by atoms with E-state index in [1.165, 1.54) is 4.88 Å². The van der Waals surface area contributed by atoms with Crippen molar-refractivity contribution in [1.82, 2.24) is 5.32 Å². The monoisotopic (exact) mass is 285 g/mol. The van der Waals surface area contributed by atoms with Crippen molar-refractivity contribution in [3.05, 3.63) is 57.3 Å². The summed E-state index contributed by atoms with van der Waals surface area (Å²) in [7, 11) is 0. The Labute approximate surface area is 122 Å². The fourth-order valence-corrected chi connectivity index (χ4v) is 2.53. The van der Waals surface area contributed by atoms with Gasteiger partial charge < -0.3 is 10.4 Å². The number of benzene rings is 1. The van der Waals surface area contributed by atoms with Crippen LogP contribution in [0.4, 0.5) is 0 Å². The maximum absolute atomic E-state index is 12.0. The molecule has 0 bridgehead atoms. The van der Waals surface area contributed by atoms with Gasteiger partial charge in [0.25, 0.3) is 5.91 Å². The highest BCUT2D eigenvalue weighted by Gasteiger charge is 2.05. The van der Waals surface area contributed by atoms with Crippen LogP contribution >= 0.6 is 11.3 Å². The molecule has 0 saturated heterocycles. The Balaban J connectivity index is 1.95. The van der Waals surface area contributed by atoms with Crippen molar-refractivity contribution in [2.75, 3.05) is 6.61 Å². The number of carbonyl (C=O) groups excluding carboxylic acids is 1. The minimum atomic E-state index is -0.164. The maximum Gasteiger partial charge on any atom is 0.251 e. The number of hydrogen-bond acceptors (Lipinski definition) is 3. The van der Waals surface area contributed by atoms with Gasteiger partial charge in [0.2, 0.25) is 0 Å². The molecule has 3 nitrogen and oxygen atoms in total. The van der Waals surface area contributed by atoms with Gasteiger partial charge in [0, 0.05) is 20.9 Å².